The number of rotatable bonds is 8. The Labute approximate surface area is 119 Å². The van der Waals surface area contributed by atoms with E-state index in [1.54, 1.807) is 11.8 Å². The Balaban J connectivity index is 2.35. The van der Waals surface area contributed by atoms with E-state index < -0.39 is 0 Å². The lowest BCUT2D eigenvalue weighted by Gasteiger charge is -2.14. The Hall–Kier alpha value is -1.38. The number of thiazole rings is 1. The quantitative estimate of drug-likeness (QED) is 0.587. The summed E-state index contributed by atoms with van der Waals surface area (Å²) < 4.78 is 0. The monoisotopic (exact) mass is 279 g/mol. The number of terminal acetylenes is 1. The Morgan fingerprint density at radius 2 is 2.37 bits per heavy atom. The van der Waals surface area contributed by atoms with E-state index in [1.165, 1.54) is 11.3 Å². The highest BCUT2D eigenvalue weighted by atomic mass is 32.1. The van der Waals surface area contributed by atoms with Gasteiger partial charge >= 0.3 is 0 Å². The fourth-order valence-electron chi connectivity index (χ4n) is 1.69. The van der Waals surface area contributed by atoms with Crippen molar-refractivity contribution in [2.24, 2.45) is 0 Å². The molecule has 0 fully saturated rings. The third kappa shape index (κ3) is 5.41. The molecule has 19 heavy (non-hydrogen) atoms. The second-order valence-electron chi connectivity index (χ2n) is 4.22. The van der Waals surface area contributed by atoms with Gasteiger partial charge in [0.2, 0.25) is 5.91 Å². The first-order valence-corrected chi connectivity index (χ1v) is 7.43. The highest BCUT2D eigenvalue weighted by molar-refractivity contribution is 7.14. The van der Waals surface area contributed by atoms with Crippen LogP contribution in [-0.4, -0.2) is 24.0 Å². The Bertz CT molecular complexity index is 436. The first kappa shape index (κ1) is 15.7. The number of nitrogens with zero attached hydrogens (tertiary/aromatic N) is 2. The Morgan fingerprint density at radius 3 is 3.00 bits per heavy atom. The molecule has 1 aromatic rings. The summed E-state index contributed by atoms with van der Waals surface area (Å²) in [5.74, 6) is 2.67. The third-order valence-electron chi connectivity index (χ3n) is 2.70. The molecule has 0 unspecified atom stereocenters. The summed E-state index contributed by atoms with van der Waals surface area (Å²) in [6.45, 7) is 5.85. The van der Waals surface area contributed by atoms with Gasteiger partial charge in [-0.2, -0.15) is 0 Å². The second kappa shape index (κ2) is 8.68. The van der Waals surface area contributed by atoms with Gasteiger partial charge in [0, 0.05) is 31.8 Å². The van der Waals surface area contributed by atoms with Crippen molar-refractivity contribution in [1.29, 1.82) is 0 Å². The van der Waals surface area contributed by atoms with Gasteiger partial charge in [0.15, 0.2) is 5.13 Å². The summed E-state index contributed by atoms with van der Waals surface area (Å²) in [4.78, 5) is 17.6. The number of aromatic nitrogens is 1. The fraction of sp³-hybridized carbons (Fsp3) is 0.571. The van der Waals surface area contributed by atoms with Crippen LogP contribution < -0.4 is 10.2 Å². The molecule has 0 aliphatic heterocycles. The minimum Gasteiger partial charge on any atom is -0.311 e. The summed E-state index contributed by atoms with van der Waals surface area (Å²) in [5, 5.41) is 6.10. The number of unbranched alkanes of at least 4 members (excludes halogenated alkanes) is 2. The van der Waals surface area contributed by atoms with Crippen molar-refractivity contribution in [2.45, 2.75) is 39.7 Å². The van der Waals surface area contributed by atoms with Crippen LogP contribution in [0.15, 0.2) is 5.38 Å². The van der Waals surface area contributed by atoms with Crippen molar-refractivity contribution in [1.82, 2.24) is 10.3 Å². The first-order valence-electron chi connectivity index (χ1n) is 6.55. The maximum absolute atomic E-state index is 11.4. The van der Waals surface area contributed by atoms with Crippen molar-refractivity contribution in [3.05, 3.63) is 11.1 Å². The highest BCUT2D eigenvalue weighted by Gasteiger charge is 2.12. The lowest BCUT2D eigenvalue weighted by Crippen LogP contribution is -2.27. The largest absolute Gasteiger partial charge is 0.311 e. The van der Waals surface area contributed by atoms with Crippen LogP contribution in [0.25, 0.3) is 0 Å². The lowest BCUT2D eigenvalue weighted by molar-refractivity contribution is -0.116. The number of carbonyl (C=O) groups is 1. The standard InChI is InChI=1S/C14H21N3OS/c1-4-6-7-8-9-15-10-13-11-19-14(16-13)17(5-2)12(3)18/h1,11,15H,5-10H2,2-3H3. The second-order valence-corrected chi connectivity index (χ2v) is 5.06. The molecule has 0 bridgehead atoms. The SMILES string of the molecule is C#CCCCCNCc1csc(N(CC)C(C)=O)n1. The summed E-state index contributed by atoms with van der Waals surface area (Å²) in [5.41, 5.74) is 0.983. The lowest BCUT2D eigenvalue weighted by atomic mass is 10.2. The number of hydrogen-bond acceptors (Lipinski definition) is 4. The Morgan fingerprint density at radius 1 is 1.58 bits per heavy atom. The molecule has 104 valence electrons. The van der Waals surface area contributed by atoms with E-state index in [0.29, 0.717) is 6.54 Å². The van der Waals surface area contributed by atoms with E-state index in [-0.39, 0.29) is 5.91 Å². The van der Waals surface area contributed by atoms with Crippen LogP contribution in [-0.2, 0) is 11.3 Å². The van der Waals surface area contributed by atoms with Gasteiger partial charge in [0.1, 0.15) is 0 Å². The van der Waals surface area contributed by atoms with Crippen LogP contribution in [0, 0.1) is 12.3 Å². The van der Waals surface area contributed by atoms with Gasteiger partial charge < -0.3 is 5.32 Å². The molecule has 0 saturated carbocycles. The number of hydrogen-bond donors (Lipinski definition) is 1. The van der Waals surface area contributed by atoms with Crippen LogP contribution >= 0.6 is 11.3 Å². The van der Waals surface area contributed by atoms with Crippen LogP contribution in [0.3, 0.4) is 0 Å². The summed E-state index contributed by atoms with van der Waals surface area (Å²) >= 11 is 1.51. The van der Waals surface area contributed by atoms with Crippen molar-refractivity contribution in [3.8, 4) is 12.3 Å². The van der Waals surface area contributed by atoms with Crippen LogP contribution in [0.4, 0.5) is 5.13 Å². The van der Waals surface area contributed by atoms with Crippen molar-refractivity contribution in [2.75, 3.05) is 18.0 Å². The molecule has 5 heteroatoms. The van der Waals surface area contributed by atoms with Crippen molar-refractivity contribution in [3.63, 3.8) is 0 Å². The predicted octanol–water partition coefficient (Wildman–Crippen LogP) is 2.41. The molecule has 1 heterocycles. The van der Waals surface area contributed by atoms with E-state index in [2.05, 4.69) is 16.2 Å². The van der Waals surface area contributed by atoms with Gasteiger partial charge in [-0.25, -0.2) is 4.98 Å². The molecule has 0 aliphatic carbocycles. The zero-order valence-electron chi connectivity index (χ0n) is 11.6. The fourth-order valence-corrected chi connectivity index (χ4v) is 2.62. The molecule has 1 rings (SSSR count). The summed E-state index contributed by atoms with van der Waals surface area (Å²) in [6, 6.07) is 0. The molecule has 0 saturated heterocycles. The molecular formula is C14H21N3OS. The van der Waals surface area contributed by atoms with Gasteiger partial charge in [-0.3, -0.25) is 9.69 Å². The average molecular weight is 279 g/mol. The number of amides is 1. The van der Waals surface area contributed by atoms with E-state index in [0.717, 1.165) is 43.2 Å². The van der Waals surface area contributed by atoms with E-state index in [9.17, 15) is 4.79 Å². The van der Waals surface area contributed by atoms with Crippen LogP contribution in [0.2, 0.25) is 0 Å². The molecule has 0 spiro atoms. The summed E-state index contributed by atoms with van der Waals surface area (Å²) in [6.07, 6.45) is 8.17. The zero-order chi connectivity index (χ0) is 14.1. The van der Waals surface area contributed by atoms with Crippen molar-refractivity contribution >= 4 is 22.4 Å². The molecule has 0 aliphatic rings. The Kier molecular flexibility index (Phi) is 7.16. The minimum atomic E-state index is 0.0330. The van der Waals surface area contributed by atoms with Gasteiger partial charge in [-0.05, 0) is 26.3 Å². The van der Waals surface area contributed by atoms with E-state index in [4.69, 9.17) is 6.42 Å². The van der Waals surface area contributed by atoms with Gasteiger partial charge in [0.05, 0.1) is 5.69 Å². The van der Waals surface area contributed by atoms with Crippen molar-refractivity contribution < 1.29 is 4.79 Å². The van der Waals surface area contributed by atoms with E-state index >= 15 is 0 Å². The predicted molar refractivity (Wildman–Crippen MR) is 80.2 cm³/mol. The third-order valence-corrected chi connectivity index (χ3v) is 3.61. The maximum atomic E-state index is 11.4. The topological polar surface area (TPSA) is 45.2 Å². The number of carbonyl (C=O) groups excluding carboxylic acids is 1. The van der Waals surface area contributed by atoms with Gasteiger partial charge in [-0.15, -0.1) is 23.7 Å². The van der Waals surface area contributed by atoms with Crippen LogP contribution in [0.5, 0.6) is 0 Å². The van der Waals surface area contributed by atoms with Gasteiger partial charge in [0.25, 0.3) is 0 Å². The molecule has 1 N–H and O–H groups in total. The zero-order valence-corrected chi connectivity index (χ0v) is 12.4. The molecule has 0 radical (unpaired) electrons. The van der Waals surface area contributed by atoms with E-state index in [1.807, 2.05) is 12.3 Å². The molecule has 0 aromatic carbocycles. The first-order chi connectivity index (χ1) is 9.19. The molecular weight excluding hydrogens is 258 g/mol. The maximum Gasteiger partial charge on any atom is 0.225 e. The van der Waals surface area contributed by atoms with Crippen LogP contribution in [0.1, 0.15) is 38.8 Å². The average Bonchev–Trinajstić information content (AvgIpc) is 2.82. The molecule has 1 amide bonds. The molecule has 1 aromatic heterocycles. The number of nitrogens with one attached hydrogen (secondary N) is 1. The molecule has 0 atom stereocenters. The smallest absolute Gasteiger partial charge is 0.225 e. The number of anilines is 1. The van der Waals surface area contributed by atoms with Gasteiger partial charge in [-0.1, -0.05) is 0 Å². The molecule has 4 nitrogen and oxygen atoms in total. The summed E-state index contributed by atoms with van der Waals surface area (Å²) in [7, 11) is 0. The highest BCUT2D eigenvalue weighted by Crippen LogP contribution is 2.20. The normalized spacial score (nSPS) is 10.2. The minimum absolute atomic E-state index is 0.0330.